The highest BCUT2D eigenvalue weighted by molar-refractivity contribution is 6.00. The lowest BCUT2D eigenvalue weighted by Gasteiger charge is -2.18. The number of pyridine rings is 1. The maximum absolute atomic E-state index is 12.8. The molecule has 2 N–H and O–H groups in total. The van der Waals surface area contributed by atoms with Crippen LogP contribution in [-0.2, 0) is 4.74 Å². The van der Waals surface area contributed by atoms with Gasteiger partial charge in [0.25, 0.3) is 0 Å². The number of carbonyl (C=O) groups is 1. The third kappa shape index (κ3) is 4.18. The van der Waals surface area contributed by atoms with Gasteiger partial charge in [0.1, 0.15) is 17.7 Å². The number of nitrogens with one attached hydrogen (secondary N) is 2. The van der Waals surface area contributed by atoms with Crippen molar-refractivity contribution >= 4 is 23.1 Å². The molecule has 4 rings (SSSR count). The van der Waals surface area contributed by atoms with Crippen molar-refractivity contribution in [3.8, 4) is 11.9 Å². The summed E-state index contributed by atoms with van der Waals surface area (Å²) in [6, 6.07) is 4.21. The number of fused-ring (bicyclic) bond motifs is 1. The van der Waals surface area contributed by atoms with E-state index in [1.165, 1.54) is 53.3 Å². The molecule has 4 aromatic heterocycles. The summed E-state index contributed by atoms with van der Waals surface area (Å²) in [6.07, 6.45) is 5.83. The zero-order valence-electron chi connectivity index (χ0n) is 16.3. The average Bonchev–Trinajstić information content (AvgIpc) is 3.44. The maximum Gasteiger partial charge on any atom is 0.345 e. The topological polar surface area (TPSA) is 148 Å². The minimum atomic E-state index is -3.02. The van der Waals surface area contributed by atoms with Gasteiger partial charge < -0.3 is 15.4 Å². The van der Waals surface area contributed by atoms with Crippen LogP contribution in [0.25, 0.3) is 11.5 Å². The van der Waals surface area contributed by atoms with Crippen molar-refractivity contribution in [3.63, 3.8) is 0 Å². The highest BCUT2D eigenvalue weighted by Crippen LogP contribution is 2.27. The number of aromatic nitrogens is 7. The molecule has 0 saturated carbocycles. The first-order valence-electron chi connectivity index (χ1n) is 9.07. The molecule has 0 aliphatic heterocycles. The molecule has 4 aromatic rings. The molecule has 162 valence electrons. The molecule has 12 nitrogen and oxygen atoms in total. The number of amides is 2. The van der Waals surface area contributed by atoms with E-state index in [0.717, 1.165) is 0 Å². The molecule has 14 heteroatoms. The van der Waals surface area contributed by atoms with Gasteiger partial charge in [0, 0.05) is 6.07 Å². The Balaban J connectivity index is 1.58. The Morgan fingerprint density at radius 2 is 1.94 bits per heavy atom. The van der Waals surface area contributed by atoms with Gasteiger partial charge in [-0.05, 0) is 13.0 Å². The van der Waals surface area contributed by atoms with Crippen molar-refractivity contribution in [1.29, 1.82) is 5.26 Å². The van der Waals surface area contributed by atoms with E-state index in [-0.39, 0.29) is 28.5 Å². The standard InChI is InChI=1S/C18H14F2N10O2/c1-10(32-17(19)20)15-13(9-22-14-2-3-24-29(14)15)28-18(31)27-12-6-11(7-21)16(23-8-12)30-25-4-5-26-30/h2-6,8-10,17H,1H3,(H2,27,28,31). The van der Waals surface area contributed by atoms with Crippen LogP contribution in [0.2, 0.25) is 0 Å². The van der Waals surface area contributed by atoms with E-state index < -0.39 is 18.7 Å². The van der Waals surface area contributed by atoms with Crippen molar-refractivity contribution in [2.45, 2.75) is 19.6 Å². The number of nitrogens with zero attached hydrogens (tertiary/aromatic N) is 8. The monoisotopic (exact) mass is 440 g/mol. The number of urea groups is 1. The minimum absolute atomic E-state index is 0.109. The van der Waals surface area contributed by atoms with Crippen LogP contribution in [0.1, 0.15) is 24.3 Å². The van der Waals surface area contributed by atoms with Crippen LogP contribution >= 0.6 is 0 Å². The van der Waals surface area contributed by atoms with E-state index in [1.54, 1.807) is 6.07 Å². The number of halogens is 2. The number of hydrogen-bond donors (Lipinski definition) is 2. The average molecular weight is 440 g/mol. The molecule has 32 heavy (non-hydrogen) atoms. The number of ether oxygens (including phenoxy) is 1. The fourth-order valence-corrected chi connectivity index (χ4v) is 2.97. The zero-order chi connectivity index (χ0) is 22.7. The van der Waals surface area contributed by atoms with Crippen LogP contribution in [0.15, 0.2) is 43.1 Å². The largest absolute Gasteiger partial charge is 0.345 e. The molecule has 0 aromatic carbocycles. The Morgan fingerprint density at radius 1 is 1.16 bits per heavy atom. The molecule has 4 heterocycles. The Hall–Kier alpha value is -4.51. The lowest BCUT2D eigenvalue weighted by molar-refractivity contribution is -0.160. The lowest BCUT2D eigenvalue weighted by atomic mass is 10.2. The van der Waals surface area contributed by atoms with Crippen LogP contribution < -0.4 is 10.6 Å². The Kier molecular flexibility index (Phi) is 5.64. The Morgan fingerprint density at radius 3 is 2.66 bits per heavy atom. The van der Waals surface area contributed by atoms with E-state index in [4.69, 9.17) is 0 Å². The third-order valence-electron chi connectivity index (χ3n) is 4.25. The fraction of sp³-hybridized carbons (Fsp3) is 0.167. The van der Waals surface area contributed by atoms with E-state index in [0.29, 0.717) is 5.65 Å². The van der Waals surface area contributed by atoms with Crippen molar-refractivity contribution in [1.82, 2.24) is 34.6 Å². The highest BCUT2D eigenvalue weighted by Gasteiger charge is 2.22. The first-order chi connectivity index (χ1) is 15.5. The van der Waals surface area contributed by atoms with Gasteiger partial charge in [0.2, 0.25) is 0 Å². The molecule has 1 unspecified atom stereocenters. The van der Waals surface area contributed by atoms with Crippen LogP contribution in [0.5, 0.6) is 0 Å². The third-order valence-corrected chi connectivity index (χ3v) is 4.25. The summed E-state index contributed by atoms with van der Waals surface area (Å²) in [5, 5.41) is 26.3. The molecule has 0 saturated heterocycles. The second-order valence-electron chi connectivity index (χ2n) is 6.30. The molecule has 0 spiro atoms. The number of anilines is 2. The van der Waals surface area contributed by atoms with Gasteiger partial charge >= 0.3 is 12.6 Å². The van der Waals surface area contributed by atoms with Gasteiger partial charge in [0.05, 0.1) is 48.1 Å². The quantitative estimate of drug-likeness (QED) is 0.465. The van der Waals surface area contributed by atoms with Gasteiger partial charge in [-0.3, -0.25) is 0 Å². The van der Waals surface area contributed by atoms with Crippen LogP contribution in [-0.4, -0.2) is 47.2 Å². The first kappa shape index (κ1) is 20.8. The second kappa shape index (κ2) is 8.70. The van der Waals surface area contributed by atoms with Crippen molar-refractivity contribution in [2.24, 2.45) is 0 Å². The predicted octanol–water partition coefficient (Wildman–Crippen LogP) is 2.52. The summed E-state index contributed by atoms with van der Waals surface area (Å²) in [5.41, 5.74) is 1.00. The number of hydrogen-bond acceptors (Lipinski definition) is 8. The smallest absolute Gasteiger partial charge is 0.313 e. The maximum atomic E-state index is 12.8. The van der Waals surface area contributed by atoms with E-state index in [1.807, 2.05) is 6.07 Å². The number of alkyl halides is 2. The molecule has 0 aliphatic rings. The molecular formula is C18H14F2N10O2. The molecule has 0 aliphatic carbocycles. The molecule has 0 radical (unpaired) electrons. The summed E-state index contributed by atoms with van der Waals surface area (Å²) < 4.78 is 31.4. The van der Waals surface area contributed by atoms with Crippen LogP contribution in [0, 0.1) is 11.3 Å². The molecule has 0 bridgehead atoms. The summed E-state index contributed by atoms with van der Waals surface area (Å²) in [6.45, 7) is -1.62. The van der Waals surface area contributed by atoms with Crippen LogP contribution in [0.4, 0.5) is 25.0 Å². The van der Waals surface area contributed by atoms with Gasteiger partial charge in [-0.15, -0.1) is 4.80 Å². The number of nitriles is 1. The van der Waals surface area contributed by atoms with Gasteiger partial charge in [0.15, 0.2) is 11.5 Å². The van der Waals surface area contributed by atoms with Gasteiger partial charge in [-0.2, -0.15) is 29.3 Å². The SMILES string of the molecule is CC(OC(F)F)c1c(NC(=O)Nc2cnc(-n3nccn3)c(C#N)c2)cnc2ccnn12. The Bertz CT molecular complexity index is 1300. The zero-order valence-corrected chi connectivity index (χ0v) is 16.3. The fourth-order valence-electron chi connectivity index (χ4n) is 2.97. The van der Waals surface area contributed by atoms with E-state index in [2.05, 4.69) is 40.6 Å². The van der Waals surface area contributed by atoms with Gasteiger partial charge in [-0.1, -0.05) is 0 Å². The summed E-state index contributed by atoms with van der Waals surface area (Å²) >= 11 is 0. The van der Waals surface area contributed by atoms with Gasteiger partial charge in [-0.25, -0.2) is 19.3 Å². The lowest BCUT2D eigenvalue weighted by Crippen LogP contribution is -2.23. The summed E-state index contributed by atoms with van der Waals surface area (Å²) in [4.78, 5) is 22.0. The summed E-state index contributed by atoms with van der Waals surface area (Å²) in [5.74, 6) is 0.192. The summed E-state index contributed by atoms with van der Waals surface area (Å²) in [7, 11) is 0. The minimum Gasteiger partial charge on any atom is -0.313 e. The van der Waals surface area contributed by atoms with Crippen molar-refractivity contribution in [2.75, 3.05) is 10.6 Å². The molecular weight excluding hydrogens is 426 g/mol. The van der Waals surface area contributed by atoms with E-state index >= 15 is 0 Å². The first-order valence-corrected chi connectivity index (χ1v) is 9.07. The molecule has 2 amide bonds. The predicted molar refractivity (Wildman–Crippen MR) is 105 cm³/mol. The molecule has 0 fully saturated rings. The Labute approximate surface area is 178 Å². The molecule has 1 atom stereocenters. The van der Waals surface area contributed by atoms with Crippen LogP contribution in [0.3, 0.4) is 0 Å². The second-order valence-corrected chi connectivity index (χ2v) is 6.30. The number of rotatable bonds is 6. The van der Waals surface area contributed by atoms with Crippen molar-refractivity contribution < 1.29 is 18.3 Å². The normalized spacial score (nSPS) is 12.0. The highest BCUT2D eigenvalue weighted by atomic mass is 19.3. The van der Waals surface area contributed by atoms with Crippen molar-refractivity contribution in [3.05, 3.63) is 54.4 Å². The number of carbonyl (C=O) groups excluding carboxylic acids is 1. The van der Waals surface area contributed by atoms with E-state index in [9.17, 15) is 18.8 Å².